The van der Waals surface area contributed by atoms with E-state index in [0.717, 1.165) is 48.5 Å². The summed E-state index contributed by atoms with van der Waals surface area (Å²) in [6.07, 6.45) is -15.6. The molecule has 0 spiro atoms. The lowest BCUT2D eigenvalue weighted by molar-refractivity contribution is -0.330. The fourth-order valence-electron chi connectivity index (χ4n) is 4.52. The van der Waals surface area contributed by atoms with E-state index >= 15 is 0 Å². The molecule has 0 aromatic carbocycles. The van der Waals surface area contributed by atoms with E-state index in [1.807, 2.05) is 0 Å². The van der Waals surface area contributed by atoms with Crippen molar-refractivity contribution in [2.45, 2.75) is 110 Å². The quantitative estimate of drug-likeness (QED) is 0.203. The van der Waals surface area contributed by atoms with Gasteiger partial charge < -0.3 is 52.5 Å². The summed E-state index contributed by atoms with van der Waals surface area (Å²) in [7, 11) is 0. The highest BCUT2D eigenvalue weighted by Crippen LogP contribution is 2.32. The molecule has 0 aromatic heterocycles. The normalized spacial score (nSPS) is 31.5. The maximum absolute atomic E-state index is 12.1. The molecule has 2 heterocycles. The van der Waals surface area contributed by atoms with E-state index in [-0.39, 0.29) is 0 Å². The average molecular weight is 637 g/mol. The Bertz CT molecular complexity index is 1090. The van der Waals surface area contributed by atoms with Gasteiger partial charge in [-0.3, -0.25) is 33.6 Å². The van der Waals surface area contributed by atoms with Gasteiger partial charge >= 0.3 is 41.8 Å². The second kappa shape index (κ2) is 16.3. The summed E-state index contributed by atoms with van der Waals surface area (Å²) < 4.78 is 53.7. The van der Waals surface area contributed by atoms with Gasteiger partial charge in [0.25, 0.3) is 0 Å². The van der Waals surface area contributed by atoms with Gasteiger partial charge in [-0.2, -0.15) is 0 Å². The zero-order valence-corrected chi connectivity index (χ0v) is 25.1. The second-order valence-electron chi connectivity index (χ2n) is 9.69. The lowest BCUT2D eigenvalue weighted by Crippen LogP contribution is -2.64. The van der Waals surface area contributed by atoms with E-state index in [1.165, 1.54) is 0 Å². The summed E-state index contributed by atoms with van der Waals surface area (Å²) >= 11 is 0. The van der Waals surface area contributed by atoms with Crippen molar-refractivity contribution in [2.75, 3.05) is 13.2 Å². The third kappa shape index (κ3) is 10.7. The molecule has 0 radical (unpaired) electrons. The average Bonchev–Trinajstić information content (AvgIpc) is 2.87. The van der Waals surface area contributed by atoms with Crippen LogP contribution in [0.15, 0.2) is 0 Å². The van der Waals surface area contributed by atoms with Crippen molar-refractivity contribution in [3.63, 3.8) is 0 Å². The Balaban J connectivity index is 2.48. The summed E-state index contributed by atoms with van der Waals surface area (Å²) in [4.78, 5) is 83.0. The van der Waals surface area contributed by atoms with Crippen LogP contribution in [0.3, 0.4) is 0 Å². The molecule has 0 amide bonds. The lowest BCUT2D eigenvalue weighted by atomic mass is 9.97. The minimum atomic E-state index is -1.90. The smallest absolute Gasteiger partial charge is 0.303 e. The third-order valence-electron chi connectivity index (χ3n) is 5.89. The zero-order valence-electron chi connectivity index (χ0n) is 25.1. The first-order valence-electron chi connectivity index (χ1n) is 13.3. The van der Waals surface area contributed by atoms with Crippen LogP contribution in [0.5, 0.6) is 0 Å². The topological polar surface area (TPSA) is 232 Å². The van der Waals surface area contributed by atoms with E-state index in [0.29, 0.717) is 0 Å². The van der Waals surface area contributed by atoms with Crippen molar-refractivity contribution in [2.24, 2.45) is 0 Å². The van der Waals surface area contributed by atoms with Crippen LogP contribution in [-0.4, -0.2) is 122 Å². The van der Waals surface area contributed by atoms with Crippen molar-refractivity contribution in [1.82, 2.24) is 0 Å². The second-order valence-corrected chi connectivity index (χ2v) is 9.69. The van der Waals surface area contributed by atoms with Crippen LogP contribution in [0.1, 0.15) is 48.5 Å². The lowest BCUT2D eigenvalue weighted by Gasteiger charge is -2.45. The van der Waals surface area contributed by atoms with Gasteiger partial charge in [-0.1, -0.05) is 0 Å². The molecule has 0 bridgehead atoms. The Kier molecular flexibility index (Phi) is 13.4. The largest absolute Gasteiger partial charge is 0.463 e. The highest BCUT2D eigenvalue weighted by atomic mass is 16.7. The van der Waals surface area contributed by atoms with Crippen molar-refractivity contribution in [3.05, 3.63) is 0 Å². The van der Waals surface area contributed by atoms with Gasteiger partial charge in [0.15, 0.2) is 49.2 Å². The minimum absolute atomic E-state index is 0.523. The number of carbonyl (C=O) groups is 7. The molecule has 0 saturated carbocycles. The molecule has 0 aliphatic carbocycles. The Morgan fingerprint density at radius 2 is 0.841 bits per heavy atom. The predicted molar refractivity (Wildman–Crippen MR) is 135 cm³/mol. The van der Waals surface area contributed by atoms with Crippen LogP contribution in [-0.2, 0) is 80.9 Å². The van der Waals surface area contributed by atoms with E-state index in [2.05, 4.69) is 0 Å². The number of hydrogen-bond acceptors (Lipinski definition) is 18. The molecule has 0 aromatic rings. The molecule has 248 valence electrons. The van der Waals surface area contributed by atoms with Gasteiger partial charge in [0, 0.05) is 48.5 Å². The standard InChI is InChI=1S/C26H36O18/c1-10(27)35-8-18-20(38-12(3)29)22(40-14(5)31)24(42-16(7)33)26(44-18)36-9-17-19(37-11(2)28)21(39-13(4)30)23(25(34)43-17)41-15(6)32/h17-26,34H,8-9H2,1-7H3/t17-,18+,19-,20+,21+,22-,23-,24-,25+,26-/m1/s1. The summed E-state index contributed by atoms with van der Waals surface area (Å²) in [5.41, 5.74) is 0. The highest BCUT2D eigenvalue weighted by Gasteiger charge is 2.55. The fourth-order valence-corrected chi connectivity index (χ4v) is 4.52. The van der Waals surface area contributed by atoms with Crippen LogP contribution in [0, 0.1) is 0 Å². The molecule has 2 aliphatic rings. The number of esters is 7. The molecule has 2 rings (SSSR count). The Morgan fingerprint density at radius 1 is 0.477 bits per heavy atom. The number of carbonyl (C=O) groups excluding carboxylic acids is 7. The fraction of sp³-hybridized carbons (Fsp3) is 0.731. The molecular formula is C26H36O18. The molecule has 2 saturated heterocycles. The Morgan fingerprint density at radius 3 is 1.27 bits per heavy atom. The number of rotatable bonds is 11. The Labute approximate surface area is 251 Å². The summed E-state index contributed by atoms with van der Waals surface area (Å²) in [5.74, 6) is -5.94. The van der Waals surface area contributed by atoms with Gasteiger partial charge in [-0.25, -0.2) is 0 Å². The third-order valence-corrected chi connectivity index (χ3v) is 5.89. The number of aliphatic hydroxyl groups is 1. The van der Waals surface area contributed by atoms with Gasteiger partial charge in [0.1, 0.15) is 18.8 Å². The Hall–Kier alpha value is -3.87. The predicted octanol–water partition coefficient (Wildman–Crippen LogP) is -1.40. The van der Waals surface area contributed by atoms with Crippen molar-refractivity contribution in [1.29, 1.82) is 0 Å². The van der Waals surface area contributed by atoms with Gasteiger partial charge in [0.05, 0.1) is 6.61 Å². The highest BCUT2D eigenvalue weighted by molar-refractivity contribution is 5.69. The van der Waals surface area contributed by atoms with E-state index in [4.69, 9.17) is 47.4 Å². The van der Waals surface area contributed by atoms with Gasteiger partial charge in [0.2, 0.25) is 0 Å². The van der Waals surface area contributed by atoms with E-state index < -0.39 is 116 Å². The SMILES string of the molecule is CC(=O)OC[C@@H]1O[C@@H](OC[C@H]2O[C@H](O)[C@H](OC(C)=O)[C@@H](OC(C)=O)[C@@H]2OC(C)=O)[C@H](OC(C)=O)[C@H](OC(C)=O)[C@H]1OC(C)=O. The van der Waals surface area contributed by atoms with Crippen molar-refractivity contribution >= 4 is 41.8 Å². The van der Waals surface area contributed by atoms with Crippen LogP contribution < -0.4 is 0 Å². The molecule has 1 N–H and O–H groups in total. The van der Waals surface area contributed by atoms with Crippen LogP contribution in [0.4, 0.5) is 0 Å². The first-order valence-corrected chi connectivity index (χ1v) is 13.3. The summed E-state index contributed by atoms with van der Waals surface area (Å²) in [6, 6.07) is 0. The van der Waals surface area contributed by atoms with Crippen LogP contribution in [0.25, 0.3) is 0 Å². The molecule has 2 fully saturated rings. The molecule has 0 unspecified atom stereocenters. The van der Waals surface area contributed by atoms with E-state index in [1.54, 1.807) is 0 Å². The summed E-state index contributed by atoms with van der Waals surface area (Å²) in [6.45, 7) is 6.15. The van der Waals surface area contributed by atoms with E-state index in [9.17, 15) is 38.7 Å². The number of ether oxygens (including phenoxy) is 10. The zero-order chi connectivity index (χ0) is 33.3. The maximum Gasteiger partial charge on any atom is 0.303 e. The molecular weight excluding hydrogens is 600 g/mol. The molecule has 18 nitrogen and oxygen atoms in total. The summed E-state index contributed by atoms with van der Waals surface area (Å²) in [5, 5.41) is 10.6. The first-order chi connectivity index (χ1) is 20.5. The van der Waals surface area contributed by atoms with Crippen LogP contribution in [0.2, 0.25) is 0 Å². The number of hydrogen-bond donors (Lipinski definition) is 1. The molecule has 18 heteroatoms. The minimum Gasteiger partial charge on any atom is -0.463 e. The monoisotopic (exact) mass is 636 g/mol. The first kappa shape index (κ1) is 36.3. The van der Waals surface area contributed by atoms with Gasteiger partial charge in [-0.15, -0.1) is 0 Å². The molecule has 44 heavy (non-hydrogen) atoms. The molecule has 2 aliphatic heterocycles. The maximum atomic E-state index is 12.1. The number of aliphatic hydroxyl groups excluding tert-OH is 1. The van der Waals surface area contributed by atoms with Crippen molar-refractivity contribution < 1.29 is 86.0 Å². The van der Waals surface area contributed by atoms with Crippen LogP contribution >= 0.6 is 0 Å². The van der Waals surface area contributed by atoms with Gasteiger partial charge in [-0.05, 0) is 0 Å². The molecule has 10 atom stereocenters. The van der Waals surface area contributed by atoms with Crippen molar-refractivity contribution in [3.8, 4) is 0 Å².